The van der Waals surface area contributed by atoms with E-state index in [2.05, 4.69) is 29.5 Å². The third-order valence-corrected chi connectivity index (χ3v) is 5.69. The first-order valence-electron chi connectivity index (χ1n) is 10.4. The van der Waals surface area contributed by atoms with E-state index in [1.807, 2.05) is 22.8 Å². The Hall–Kier alpha value is -2.63. The Morgan fingerprint density at radius 1 is 1.11 bits per heavy atom. The lowest BCUT2D eigenvalue weighted by molar-refractivity contribution is 0.0945. The van der Waals surface area contributed by atoms with E-state index in [4.69, 9.17) is 0 Å². The van der Waals surface area contributed by atoms with Crippen molar-refractivity contribution >= 4 is 17.5 Å². The average Bonchev–Trinajstić information content (AvgIpc) is 3.44. The van der Waals surface area contributed by atoms with Gasteiger partial charge in [-0.05, 0) is 56.1 Å². The predicted molar refractivity (Wildman–Crippen MR) is 109 cm³/mol. The minimum atomic E-state index is -0.232. The Bertz CT molecular complexity index is 889. The van der Waals surface area contributed by atoms with Crippen LogP contribution in [0.5, 0.6) is 0 Å². The quantitative estimate of drug-likeness (QED) is 0.805. The Morgan fingerprint density at radius 3 is 2.46 bits per heavy atom. The third kappa shape index (κ3) is 3.55. The second-order valence-electron chi connectivity index (χ2n) is 7.70. The van der Waals surface area contributed by atoms with Gasteiger partial charge < -0.3 is 15.2 Å². The van der Waals surface area contributed by atoms with Crippen LogP contribution in [0, 0.1) is 0 Å². The third-order valence-electron chi connectivity index (χ3n) is 5.69. The lowest BCUT2D eigenvalue weighted by Crippen LogP contribution is -2.27. The highest BCUT2D eigenvalue weighted by molar-refractivity contribution is 6.04. The number of nitrogens with one attached hydrogen (secondary N) is 2. The molecule has 4 rings (SSSR count). The van der Waals surface area contributed by atoms with Gasteiger partial charge >= 0.3 is 0 Å². The molecule has 0 spiro atoms. The monoisotopic (exact) mass is 380 g/mol. The molecule has 1 aliphatic heterocycles. The van der Waals surface area contributed by atoms with Gasteiger partial charge in [-0.1, -0.05) is 32.0 Å². The molecule has 148 valence electrons. The van der Waals surface area contributed by atoms with Crippen molar-refractivity contribution in [1.29, 1.82) is 0 Å². The first kappa shape index (κ1) is 18.7. The smallest absolute Gasteiger partial charge is 0.291 e. The second-order valence-corrected chi connectivity index (χ2v) is 7.70. The molecule has 1 aromatic carbocycles. The summed E-state index contributed by atoms with van der Waals surface area (Å²) >= 11 is 0. The summed E-state index contributed by atoms with van der Waals surface area (Å²) in [6, 6.07) is 6.40. The van der Waals surface area contributed by atoms with Crippen LogP contribution >= 0.6 is 0 Å². The fraction of sp³-hybridized carbons (Fsp3) is 0.500. The van der Waals surface area contributed by atoms with Gasteiger partial charge in [0.1, 0.15) is 5.69 Å². The molecule has 2 N–H and O–H groups in total. The summed E-state index contributed by atoms with van der Waals surface area (Å²) in [6.07, 6.45) is 6.56. The number of rotatable bonds is 6. The number of fused-ring (bicyclic) bond motifs is 1. The van der Waals surface area contributed by atoms with Crippen molar-refractivity contribution in [3.05, 3.63) is 46.5 Å². The summed E-state index contributed by atoms with van der Waals surface area (Å²) < 4.78 is 1.95. The van der Waals surface area contributed by atoms with E-state index in [0.717, 1.165) is 74.0 Å². The van der Waals surface area contributed by atoms with Gasteiger partial charge in [-0.25, -0.2) is 4.98 Å². The number of benzene rings is 1. The molecular weight excluding hydrogens is 352 g/mol. The highest BCUT2D eigenvalue weighted by atomic mass is 16.2. The zero-order chi connectivity index (χ0) is 19.7. The first-order valence-corrected chi connectivity index (χ1v) is 10.4. The number of hydrogen-bond acceptors (Lipinski definition) is 3. The van der Waals surface area contributed by atoms with Crippen LogP contribution in [0.25, 0.3) is 0 Å². The summed E-state index contributed by atoms with van der Waals surface area (Å²) in [4.78, 5) is 30.3. The van der Waals surface area contributed by atoms with E-state index < -0.39 is 0 Å². The largest absolute Gasteiger partial charge is 0.348 e. The maximum Gasteiger partial charge on any atom is 0.291 e. The Morgan fingerprint density at radius 2 is 1.82 bits per heavy atom. The number of carbonyl (C=O) groups excluding carboxylic acids is 2. The van der Waals surface area contributed by atoms with Crippen molar-refractivity contribution < 1.29 is 9.59 Å². The molecule has 0 unspecified atom stereocenters. The van der Waals surface area contributed by atoms with Crippen molar-refractivity contribution in [3.63, 3.8) is 0 Å². The highest BCUT2D eigenvalue weighted by Gasteiger charge is 2.31. The maximum atomic E-state index is 13.2. The van der Waals surface area contributed by atoms with E-state index in [-0.39, 0.29) is 17.9 Å². The lowest BCUT2D eigenvalue weighted by atomic mass is 10.0. The van der Waals surface area contributed by atoms with Crippen molar-refractivity contribution in [2.45, 2.75) is 71.4 Å². The topological polar surface area (TPSA) is 76.0 Å². The van der Waals surface area contributed by atoms with E-state index in [1.54, 1.807) is 0 Å². The van der Waals surface area contributed by atoms with Gasteiger partial charge in [0.15, 0.2) is 5.82 Å². The van der Waals surface area contributed by atoms with Crippen molar-refractivity contribution in [2.75, 3.05) is 5.32 Å². The maximum absolute atomic E-state index is 13.2. The van der Waals surface area contributed by atoms with E-state index >= 15 is 0 Å². The summed E-state index contributed by atoms with van der Waals surface area (Å²) in [7, 11) is 0. The van der Waals surface area contributed by atoms with Crippen LogP contribution in [0.1, 0.15) is 77.5 Å². The van der Waals surface area contributed by atoms with Crippen molar-refractivity contribution in [2.24, 2.45) is 0 Å². The van der Waals surface area contributed by atoms with Crippen LogP contribution in [-0.2, 0) is 25.8 Å². The standard InChI is InChI=1S/C22H28N4O2/c1-3-14-8-7-9-15(4-2)18(14)25-22(28)20-24-19(21(27)23-16-11-12-16)17-10-5-6-13-26(17)20/h7-9,16H,3-6,10-13H2,1-2H3,(H,23,27)(H,25,28). The van der Waals surface area contributed by atoms with Crippen LogP contribution in [-0.4, -0.2) is 27.4 Å². The Balaban J connectivity index is 1.66. The Kier molecular flexibility index (Phi) is 5.20. The van der Waals surface area contributed by atoms with E-state index in [0.29, 0.717) is 11.5 Å². The van der Waals surface area contributed by atoms with E-state index in [1.165, 1.54) is 0 Å². The number of aryl methyl sites for hydroxylation is 2. The van der Waals surface area contributed by atoms with Crippen LogP contribution in [0.2, 0.25) is 0 Å². The molecule has 0 radical (unpaired) electrons. The minimum absolute atomic E-state index is 0.143. The van der Waals surface area contributed by atoms with E-state index in [9.17, 15) is 9.59 Å². The molecule has 1 saturated carbocycles. The molecule has 6 nitrogen and oxygen atoms in total. The number of imidazole rings is 1. The summed E-state index contributed by atoms with van der Waals surface area (Å²) in [5, 5.41) is 6.11. The van der Waals surface area contributed by atoms with Gasteiger partial charge in [0.2, 0.25) is 0 Å². The number of carbonyl (C=O) groups is 2. The lowest BCUT2D eigenvalue weighted by Gasteiger charge is -2.18. The summed E-state index contributed by atoms with van der Waals surface area (Å²) in [5.41, 5.74) is 4.44. The first-order chi connectivity index (χ1) is 13.6. The predicted octanol–water partition coefficient (Wildman–Crippen LogP) is 3.49. The summed E-state index contributed by atoms with van der Waals surface area (Å²) in [5.74, 6) is -0.0248. The molecule has 2 aromatic rings. The van der Waals surface area contributed by atoms with Crippen molar-refractivity contribution in [1.82, 2.24) is 14.9 Å². The highest BCUT2D eigenvalue weighted by Crippen LogP contribution is 2.26. The van der Waals surface area contributed by atoms with Gasteiger partial charge in [-0.15, -0.1) is 0 Å². The van der Waals surface area contributed by atoms with Crippen LogP contribution < -0.4 is 10.6 Å². The van der Waals surface area contributed by atoms with Gasteiger partial charge in [0.05, 0.1) is 5.69 Å². The van der Waals surface area contributed by atoms with Crippen molar-refractivity contribution in [3.8, 4) is 0 Å². The van der Waals surface area contributed by atoms with Crippen LogP contribution in [0.4, 0.5) is 5.69 Å². The Labute approximate surface area is 165 Å². The fourth-order valence-electron chi connectivity index (χ4n) is 3.95. The molecular formula is C22H28N4O2. The van der Waals surface area contributed by atoms with Gasteiger partial charge in [0.25, 0.3) is 11.8 Å². The molecule has 0 atom stereocenters. The van der Waals surface area contributed by atoms with Gasteiger partial charge in [0, 0.05) is 18.3 Å². The zero-order valence-electron chi connectivity index (χ0n) is 16.7. The molecule has 1 fully saturated rings. The number of hydrogen-bond donors (Lipinski definition) is 2. The normalized spacial score (nSPS) is 15.8. The van der Waals surface area contributed by atoms with Gasteiger partial charge in [-0.3, -0.25) is 9.59 Å². The second kappa shape index (κ2) is 7.78. The number of anilines is 1. The molecule has 2 amide bonds. The fourth-order valence-corrected chi connectivity index (χ4v) is 3.95. The van der Waals surface area contributed by atoms with Crippen LogP contribution in [0.15, 0.2) is 18.2 Å². The molecule has 2 heterocycles. The number of aromatic nitrogens is 2. The van der Waals surface area contributed by atoms with Gasteiger partial charge in [-0.2, -0.15) is 0 Å². The average molecular weight is 380 g/mol. The molecule has 0 bridgehead atoms. The van der Waals surface area contributed by atoms with Crippen LogP contribution in [0.3, 0.4) is 0 Å². The minimum Gasteiger partial charge on any atom is -0.348 e. The molecule has 6 heteroatoms. The molecule has 1 aromatic heterocycles. The molecule has 0 saturated heterocycles. The molecule has 2 aliphatic rings. The molecule has 1 aliphatic carbocycles. The number of amides is 2. The summed E-state index contributed by atoms with van der Waals surface area (Å²) in [6.45, 7) is 4.90. The number of nitrogens with zero attached hydrogens (tertiary/aromatic N) is 2. The zero-order valence-corrected chi connectivity index (χ0v) is 16.7. The SMILES string of the molecule is CCc1cccc(CC)c1NC(=O)c1nc(C(=O)NC2CC2)c2n1CCCC2. The number of para-hydroxylation sites is 1. The molecule has 28 heavy (non-hydrogen) atoms.